The fraction of sp³-hybridized carbons (Fsp3) is 0.412. The Morgan fingerprint density at radius 3 is 1.82 bits per heavy atom. The van der Waals surface area contributed by atoms with Gasteiger partial charge in [0.15, 0.2) is 0 Å². The van der Waals surface area contributed by atoms with Crippen LogP contribution in [0.1, 0.15) is 46.0 Å². The van der Waals surface area contributed by atoms with E-state index in [4.69, 9.17) is 0 Å². The maximum atomic E-state index is 2.25. The maximum Gasteiger partial charge on any atom is -0.0348 e. The van der Waals surface area contributed by atoms with Gasteiger partial charge in [0.1, 0.15) is 0 Å². The van der Waals surface area contributed by atoms with Crippen LogP contribution in [0.3, 0.4) is 0 Å². The Morgan fingerprint density at radius 1 is 0.647 bits per heavy atom. The fourth-order valence-corrected chi connectivity index (χ4v) is 1.36. The van der Waals surface area contributed by atoms with Crippen LogP contribution in [-0.2, 0) is 0 Å². The van der Waals surface area contributed by atoms with Crippen LogP contribution >= 0.6 is 0 Å². The van der Waals surface area contributed by atoms with Crippen molar-refractivity contribution in [3.8, 4) is 0 Å². The Kier molecular flexibility index (Phi) is 13.6. The molecular weight excluding hydrogens is 204 g/mol. The number of rotatable bonds is 9. The summed E-state index contributed by atoms with van der Waals surface area (Å²) in [6.07, 6.45) is 27.2. The largest absolute Gasteiger partial charge is 0.0877 e. The predicted molar refractivity (Wildman–Crippen MR) is 80.1 cm³/mol. The van der Waals surface area contributed by atoms with Crippen LogP contribution in [0.5, 0.6) is 0 Å². The second kappa shape index (κ2) is 14.7. The molecule has 0 rings (SSSR count). The van der Waals surface area contributed by atoms with Gasteiger partial charge in [-0.15, -0.1) is 0 Å². The summed E-state index contributed by atoms with van der Waals surface area (Å²) in [6, 6.07) is 0. The van der Waals surface area contributed by atoms with Crippen LogP contribution in [0.2, 0.25) is 0 Å². The molecule has 0 fully saturated rings. The molecule has 0 aliphatic carbocycles. The molecule has 0 radical (unpaired) electrons. The van der Waals surface area contributed by atoms with Crippen LogP contribution < -0.4 is 0 Å². The number of unbranched alkanes of at least 4 members (excludes halogenated alkanes) is 4. The highest BCUT2D eigenvalue weighted by Gasteiger charge is 1.82. The first kappa shape index (κ1) is 15.7. The number of hydrogen-bond acceptors (Lipinski definition) is 0. The van der Waals surface area contributed by atoms with E-state index >= 15 is 0 Å². The Bertz CT molecular complexity index is 274. The molecule has 0 saturated heterocycles. The van der Waals surface area contributed by atoms with E-state index in [1.165, 1.54) is 32.1 Å². The van der Waals surface area contributed by atoms with E-state index < -0.39 is 0 Å². The lowest BCUT2D eigenvalue weighted by molar-refractivity contribution is 0.674. The summed E-state index contributed by atoms with van der Waals surface area (Å²) in [6.45, 7) is 4.26. The Balaban J connectivity index is 3.49. The molecule has 0 aliphatic rings. The zero-order valence-electron chi connectivity index (χ0n) is 11.3. The molecule has 17 heavy (non-hydrogen) atoms. The maximum absolute atomic E-state index is 2.25. The molecule has 0 nitrogen and oxygen atoms in total. The minimum Gasteiger partial charge on any atom is -0.0877 e. The Labute approximate surface area is 107 Å². The summed E-state index contributed by atoms with van der Waals surface area (Å²) in [4.78, 5) is 0. The van der Waals surface area contributed by atoms with Crippen molar-refractivity contribution in [3.05, 3.63) is 60.8 Å². The highest BCUT2D eigenvalue weighted by molar-refractivity contribution is 5.17. The highest BCUT2D eigenvalue weighted by atomic mass is 13.9. The SMILES string of the molecule is C/C=C/C=C/C=C/C=C/C=C/CCCCCC. The third-order valence-electron chi connectivity index (χ3n) is 2.33. The van der Waals surface area contributed by atoms with Crippen LogP contribution in [0.25, 0.3) is 0 Å². The molecule has 0 amide bonds. The van der Waals surface area contributed by atoms with Crippen LogP contribution in [0.4, 0.5) is 0 Å². The van der Waals surface area contributed by atoms with E-state index in [0.29, 0.717) is 0 Å². The molecule has 94 valence electrons. The van der Waals surface area contributed by atoms with E-state index in [0.717, 1.165) is 0 Å². The molecule has 0 heteroatoms. The van der Waals surface area contributed by atoms with Crippen LogP contribution in [0, 0.1) is 0 Å². The minimum absolute atomic E-state index is 1.20. The van der Waals surface area contributed by atoms with Crippen molar-refractivity contribution in [1.82, 2.24) is 0 Å². The minimum atomic E-state index is 1.20. The molecule has 0 heterocycles. The van der Waals surface area contributed by atoms with Gasteiger partial charge >= 0.3 is 0 Å². The van der Waals surface area contributed by atoms with Crippen molar-refractivity contribution in [2.24, 2.45) is 0 Å². The van der Waals surface area contributed by atoms with Crippen molar-refractivity contribution in [3.63, 3.8) is 0 Å². The van der Waals surface area contributed by atoms with Gasteiger partial charge in [0.25, 0.3) is 0 Å². The summed E-state index contributed by atoms with van der Waals surface area (Å²) >= 11 is 0. The third kappa shape index (κ3) is 14.7. The van der Waals surface area contributed by atoms with Gasteiger partial charge < -0.3 is 0 Å². The first-order valence-corrected chi connectivity index (χ1v) is 6.69. The zero-order chi connectivity index (χ0) is 12.6. The molecule has 0 aliphatic heterocycles. The predicted octanol–water partition coefficient (Wildman–Crippen LogP) is 5.76. The van der Waals surface area contributed by atoms with Gasteiger partial charge in [0, 0.05) is 0 Å². The molecule has 0 bridgehead atoms. The standard InChI is InChI=1S/C17H26/c1-3-5-7-9-11-13-15-17-16-14-12-10-8-6-4-2/h3,5,7,9,11,13-17H,4,6,8,10,12H2,1-2H3/b5-3+,9-7+,13-11+,16-14+,17-15+. The Morgan fingerprint density at radius 2 is 1.24 bits per heavy atom. The summed E-state index contributed by atoms with van der Waals surface area (Å²) in [7, 11) is 0. The molecule has 0 atom stereocenters. The third-order valence-corrected chi connectivity index (χ3v) is 2.33. The number of allylic oxidation sites excluding steroid dienone is 10. The summed E-state index contributed by atoms with van der Waals surface area (Å²) < 4.78 is 0. The van der Waals surface area contributed by atoms with Gasteiger partial charge in [-0.1, -0.05) is 86.9 Å². The quantitative estimate of drug-likeness (QED) is 0.349. The van der Waals surface area contributed by atoms with Crippen molar-refractivity contribution in [2.45, 2.75) is 46.0 Å². The molecule has 0 spiro atoms. The molecule has 0 N–H and O–H groups in total. The van der Waals surface area contributed by atoms with Crippen molar-refractivity contribution >= 4 is 0 Å². The van der Waals surface area contributed by atoms with E-state index in [-0.39, 0.29) is 0 Å². The van der Waals surface area contributed by atoms with Gasteiger partial charge in [-0.3, -0.25) is 0 Å². The molecule has 0 saturated carbocycles. The lowest BCUT2D eigenvalue weighted by atomic mass is 10.1. The van der Waals surface area contributed by atoms with E-state index in [1.807, 2.05) is 43.4 Å². The Hall–Kier alpha value is -1.30. The lowest BCUT2D eigenvalue weighted by Gasteiger charge is -1.92. The number of hydrogen-bond donors (Lipinski definition) is 0. The lowest BCUT2D eigenvalue weighted by Crippen LogP contribution is -1.72. The van der Waals surface area contributed by atoms with Gasteiger partial charge in [-0.05, 0) is 19.8 Å². The van der Waals surface area contributed by atoms with Crippen molar-refractivity contribution < 1.29 is 0 Å². The highest BCUT2D eigenvalue weighted by Crippen LogP contribution is 2.02. The average Bonchev–Trinajstić information content (AvgIpc) is 2.35. The van der Waals surface area contributed by atoms with Gasteiger partial charge in [0.05, 0.1) is 0 Å². The monoisotopic (exact) mass is 230 g/mol. The summed E-state index contributed by atoms with van der Waals surface area (Å²) in [5, 5.41) is 0. The molecule has 0 aromatic carbocycles. The molecular formula is C17H26. The van der Waals surface area contributed by atoms with Crippen LogP contribution in [-0.4, -0.2) is 0 Å². The molecule has 0 aromatic rings. The molecule has 0 aromatic heterocycles. The van der Waals surface area contributed by atoms with Crippen LogP contribution in [0.15, 0.2) is 60.8 Å². The van der Waals surface area contributed by atoms with Crippen molar-refractivity contribution in [1.29, 1.82) is 0 Å². The van der Waals surface area contributed by atoms with E-state index in [2.05, 4.69) is 31.2 Å². The smallest absolute Gasteiger partial charge is 0.0348 e. The zero-order valence-corrected chi connectivity index (χ0v) is 11.3. The topological polar surface area (TPSA) is 0 Å². The van der Waals surface area contributed by atoms with Gasteiger partial charge in [-0.25, -0.2) is 0 Å². The fourth-order valence-electron chi connectivity index (χ4n) is 1.36. The second-order valence-corrected chi connectivity index (χ2v) is 3.96. The van der Waals surface area contributed by atoms with E-state index in [9.17, 15) is 0 Å². The normalized spacial score (nSPS) is 13.3. The molecule has 0 unspecified atom stereocenters. The first-order valence-electron chi connectivity index (χ1n) is 6.69. The second-order valence-electron chi connectivity index (χ2n) is 3.96. The summed E-state index contributed by atoms with van der Waals surface area (Å²) in [5.41, 5.74) is 0. The van der Waals surface area contributed by atoms with Gasteiger partial charge in [0.2, 0.25) is 0 Å². The first-order chi connectivity index (χ1) is 8.41. The van der Waals surface area contributed by atoms with Gasteiger partial charge in [-0.2, -0.15) is 0 Å². The van der Waals surface area contributed by atoms with E-state index in [1.54, 1.807) is 0 Å². The van der Waals surface area contributed by atoms with Crippen molar-refractivity contribution in [2.75, 3.05) is 0 Å². The summed E-state index contributed by atoms with van der Waals surface area (Å²) in [5.74, 6) is 0. The average molecular weight is 230 g/mol.